The monoisotopic (exact) mass is 465 g/mol. The van der Waals surface area contributed by atoms with Gasteiger partial charge in [0.2, 0.25) is 0 Å². The molecule has 0 radical (unpaired) electrons. The molecule has 2 N–H and O–H groups in total. The van der Waals surface area contributed by atoms with Gasteiger partial charge in [-0.1, -0.05) is 34.1 Å². The molecule has 1 saturated heterocycles. The van der Waals surface area contributed by atoms with E-state index in [9.17, 15) is 14.4 Å². The molecule has 0 spiro atoms. The molecular formula is C14H21N2O4W-. The van der Waals surface area contributed by atoms with Gasteiger partial charge in [-0.3, -0.25) is 10.1 Å². The first-order valence-corrected chi connectivity index (χ1v) is 6.61. The van der Waals surface area contributed by atoms with Crippen LogP contribution in [0.3, 0.4) is 0 Å². The third-order valence-electron chi connectivity index (χ3n) is 2.18. The Labute approximate surface area is 139 Å². The van der Waals surface area contributed by atoms with Crippen molar-refractivity contribution in [3.05, 3.63) is 23.8 Å². The number of amides is 3. The molecule has 1 aliphatic rings. The predicted molar refractivity (Wildman–Crippen MR) is 74.6 cm³/mol. The van der Waals surface area contributed by atoms with Gasteiger partial charge in [-0.2, -0.15) is 12.2 Å². The molecule has 0 aromatic rings. The number of imide groups is 1. The van der Waals surface area contributed by atoms with E-state index in [-0.39, 0.29) is 27.7 Å². The van der Waals surface area contributed by atoms with Gasteiger partial charge in [-0.15, -0.1) is 11.6 Å². The van der Waals surface area contributed by atoms with Crippen LogP contribution in [0.1, 0.15) is 34.1 Å². The Morgan fingerprint density at radius 1 is 1.48 bits per heavy atom. The zero-order chi connectivity index (χ0) is 15.5. The summed E-state index contributed by atoms with van der Waals surface area (Å²) in [4.78, 5) is 34.0. The molecule has 1 aliphatic heterocycles. The second-order valence-corrected chi connectivity index (χ2v) is 3.57. The van der Waals surface area contributed by atoms with Gasteiger partial charge < -0.3 is 14.8 Å². The molecule has 21 heavy (non-hydrogen) atoms. The fourth-order valence-electron chi connectivity index (χ4n) is 1.38. The van der Waals surface area contributed by atoms with Gasteiger partial charge in [-0.05, 0) is 0 Å². The minimum Gasteiger partial charge on any atom is -0.447 e. The molecule has 6 nitrogen and oxygen atoms in total. The van der Waals surface area contributed by atoms with E-state index in [0.29, 0.717) is 12.0 Å². The number of ether oxygens (including phenoxy) is 1. The first-order valence-electron chi connectivity index (χ1n) is 6.61. The van der Waals surface area contributed by atoms with Crippen molar-refractivity contribution in [3.8, 4) is 0 Å². The van der Waals surface area contributed by atoms with E-state index in [0.717, 1.165) is 0 Å². The molecule has 0 aliphatic carbocycles. The zero-order valence-corrected chi connectivity index (χ0v) is 15.6. The zero-order valence-electron chi connectivity index (χ0n) is 12.7. The molecule has 0 aromatic carbocycles. The van der Waals surface area contributed by atoms with Crippen LogP contribution in [0.5, 0.6) is 0 Å². The van der Waals surface area contributed by atoms with Crippen LogP contribution >= 0.6 is 0 Å². The van der Waals surface area contributed by atoms with Crippen molar-refractivity contribution >= 4 is 17.9 Å². The Morgan fingerprint density at radius 2 is 2.10 bits per heavy atom. The molecule has 3 amide bonds. The maximum Gasteiger partial charge on any atom is 0.413 e. The van der Waals surface area contributed by atoms with Crippen LogP contribution in [0.2, 0.25) is 0 Å². The van der Waals surface area contributed by atoms with E-state index in [2.05, 4.69) is 16.1 Å². The first kappa shape index (κ1) is 21.9. The molecule has 118 valence electrons. The fraction of sp³-hybridized carbons (Fsp3) is 0.500. The second-order valence-electron chi connectivity index (χ2n) is 3.57. The number of hydrogen-bond donors (Lipinski definition) is 2. The Morgan fingerprint density at radius 3 is 2.57 bits per heavy atom. The Balaban J connectivity index is 0. The van der Waals surface area contributed by atoms with Crippen molar-refractivity contribution in [3.63, 3.8) is 0 Å². The van der Waals surface area contributed by atoms with Gasteiger partial charge in [0.1, 0.15) is 18.6 Å². The normalized spacial score (nSPS) is 17.9. The van der Waals surface area contributed by atoms with Crippen LogP contribution in [0.4, 0.5) is 4.79 Å². The summed E-state index contributed by atoms with van der Waals surface area (Å²) in [5, 5.41) is 4.46. The Kier molecular flexibility index (Phi) is 12.8. The van der Waals surface area contributed by atoms with Gasteiger partial charge in [0.25, 0.3) is 5.91 Å². The third-order valence-corrected chi connectivity index (χ3v) is 2.18. The fourth-order valence-corrected chi connectivity index (χ4v) is 1.38. The number of rotatable bonds is 4. The molecule has 1 fully saturated rings. The number of hydrogen-bond acceptors (Lipinski definition) is 4. The molecule has 0 saturated carbocycles. The smallest absolute Gasteiger partial charge is 0.413 e. The average Bonchev–Trinajstić information content (AvgIpc) is 2.44. The number of carbonyl (C=O) groups is 3. The van der Waals surface area contributed by atoms with Gasteiger partial charge in [0.05, 0.1) is 0 Å². The topological polar surface area (TPSA) is 84.5 Å². The molecule has 1 heterocycles. The van der Waals surface area contributed by atoms with Crippen LogP contribution in [0, 0.1) is 6.08 Å². The van der Waals surface area contributed by atoms with E-state index in [1.54, 1.807) is 19.1 Å². The SMILES string of the molecule is CC.CC=[C-]/C(=C\CC)C(=O)NC1COC(=O)NC1=O.[W]. The summed E-state index contributed by atoms with van der Waals surface area (Å²) in [7, 11) is 0. The van der Waals surface area contributed by atoms with Gasteiger partial charge >= 0.3 is 6.09 Å². The van der Waals surface area contributed by atoms with Crippen molar-refractivity contribution in [1.82, 2.24) is 10.6 Å². The predicted octanol–water partition coefficient (Wildman–Crippen LogP) is 1.48. The van der Waals surface area contributed by atoms with Crippen molar-refractivity contribution < 1.29 is 40.2 Å². The van der Waals surface area contributed by atoms with Gasteiger partial charge in [0, 0.05) is 21.1 Å². The van der Waals surface area contributed by atoms with Crippen LogP contribution in [-0.4, -0.2) is 30.6 Å². The largest absolute Gasteiger partial charge is 0.447 e. The first-order chi connectivity index (χ1) is 9.58. The van der Waals surface area contributed by atoms with Crippen molar-refractivity contribution in [1.29, 1.82) is 0 Å². The van der Waals surface area contributed by atoms with Gasteiger partial charge in [-0.25, -0.2) is 4.79 Å². The van der Waals surface area contributed by atoms with Crippen LogP contribution in [0.15, 0.2) is 17.7 Å². The van der Waals surface area contributed by atoms with Crippen LogP contribution in [-0.2, 0) is 35.4 Å². The molecule has 1 rings (SSSR count). The molecule has 7 heteroatoms. The third kappa shape index (κ3) is 7.80. The molecule has 0 aromatic heterocycles. The van der Waals surface area contributed by atoms with Crippen LogP contribution in [0.25, 0.3) is 0 Å². The van der Waals surface area contributed by atoms with Gasteiger partial charge in [0.15, 0.2) is 0 Å². The minimum absolute atomic E-state index is 0. The van der Waals surface area contributed by atoms with E-state index in [4.69, 9.17) is 0 Å². The second kappa shape index (κ2) is 12.3. The van der Waals surface area contributed by atoms with E-state index >= 15 is 0 Å². The summed E-state index contributed by atoms with van der Waals surface area (Å²) < 4.78 is 4.63. The number of alkyl carbamates (subject to hydrolysis) is 1. The minimum atomic E-state index is -0.867. The summed E-state index contributed by atoms with van der Waals surface area (Å²) in [5.74, 6) is -0.996. The maximum atomic E-state index is 11.8. The molecule has 1 unspecified atom stereocenters. The maximum absolute atomic E-state index is 11.8. The number of cyclic esters (lactones) is 1. The summed E-state index contributed by atoms with van der Waals surface area (Å²) in [5.41, 5.74) is 0.352. The molecular weight excluding hydrogens is 444 g/mol. The summed E-state index contributed by atoms with van der Waals surface area (Å²) in [6.07, 6.45) is 5.97. The van der Waals surface area contributed by atoms with Crippen molar-refractivity contribution in [2.45, 2.75) is 40.2 Å². The summed E-state index contributed by atoms with van der Waals surface area (Å²) in [6, 6.07) is -0.867. The van der Waals surface area contributed by atoms with Crippen molar-refractivity contribution in [2.75, 3.05) is 6.61 Å². The summed E-state index contributed by atoms with van der Waals surface area (Å²) >= 11 is 0. The number of allylic oxidation sites excluding steroid dienone is 2. The quantitative estimate of drug-likeness (QED) is 0.375. The average molecular weight is 465 g/mol. The van der Waals surface area contributed by atoms with E-state index < -0.39 is 23.9 Å². The number of carbonyl (C=O) groups excluding carboxylic acids is 3. The summed E-state index contributed by atoms with van der Waals surface area (Å²) in [6.45, 7) is 7.47. The van der Waals surface area contributed by atoms with Crippen molar-refractivity contribution in [2.24, 2.45) is 0 Å². The number of nitrogens with one attached hydrogen (secondary N) is 2. The molecule has 1 atom stereocenters. The Bertz CT molecular complexity index is 419. The Hall–Kier alpha value is -1.42. The molecule has 0 bridgehead atoms. The van der Waals surface area contributed by atoms with E-state index in [1.165, 1.54) is 0 Å². The van der Waals surface area contributed by atoms with E-state index in [1.807, 2.05) is 26.1 Å². The van der Waals surface area contributed by atoms with Crippen LogP contribution < -0.4 is 10.6 Å². The standard InChI is InChI=1S/C12H15N2O4.C2H6.W/c1-3-5-8(6-4-2)10(15)13-9-7-18-12(17)14-11(9)16;1-2;/h3,6,9H,4,7H2,1-2H3,(H,13,15)(H,14,16,17);1-2H3;/q-1;;/b8-6+;;.